The Hall–Kier alpha value is -0.330. The third kappa shape index (κ3) is 2.82. The molecule has 0 saturated heterocycles. The number of Topliss-reactive ketones (excluding diaryl/α,β-unsaturated/α-hetero) is 1. The Morgan fingerprint density at radius 3 is 2.08 bits per heavy atom. The molecule has 1 nitrogen and oxygen atoms in total. The molecule has 1 fully saturated rings. The van der Waals surface area contributed by atoms with E-state index in [-0.39, 0.29) is 5.92 Å². The van der Waals surface area contributed by atoms with Crippen LogP contribution in [0.3, 0.4) is 0 Å². The largest absolute Gasteiger partial charge is 0.299 e. The van der Waals surface area contributed by atoms with E-state index >= 15 is 0 Å². The summed E-state index contributed by atoms with van der Waals surface area (Å²) in [4.78, 5) is 11.5. The Bertz CT molecular complexity index is 174. The van der Waals surface area contributed by atoms with Crippen molar-refractivity contribution in [1.82, 2.24) is 0 Å². The lowest BCUT2D eigenvalue weighted by molar-refractivity contribution is -0.122. The Morgan fingerprint density at radius 2 is 1.69 bits per heavy atom. The lowest BCUT2D eigenvalue weighted by atomic mass is 9.94. The fourth-order valence-electron chi connectivity index (χ4n) is 2.30. The molecule has 0 heterocycles. The van der Waals surface area contributed by atoms with E-state index in [0.717, 1.165) is 18.3 Å². The quantitative estimate of drug-likeness (QED) is 0.654. The molecular weight excluding hydrogens is 160 g/mol. The zero-order valence-electron chi connectivity index (χ0n) is 9.34. The summed E-state index contributed by atoms with van der Waals surface area (Å²) in [6, 6.07) is 0. The molecule has 13 heavy (non-hydrogen) atoms. The molecule has 1 saturated carbocycles. The van der Waals surface area contributed by atoms with Crippen molar-refractivity contribution in [2.75, 3.05) is 0 Å². The fourth-order valence-corrected chi connectivity index (χ4v) is 2.30. The first-order valence-corrected chi connectivity index (χ1v) is 5.53. The standard InChI is InChI=1S/C12H22O/c1-8(2)12(13)7-11-5-9(3)10(4)6-11/h8-11H,5-7H2,1-4H3/t9-,10+,11?. The first kappa shape index (κ1) is 10.7. The van der Waals surface area contributed by atoms with Crippen molar-refractivity contribution in [3.63, 3.8) is 0 Å². The smallest absolute Gasteiger partial charge is 0.135 e. The first-order chi connectivity index (χ1) is 6.00. The fraction of sp³-hybridized carbons (Fsp3) is 0.917. The SMILES string of the molecule is CC(C)C(=O)CC1C[C@@H](C)[C@@H](C)C1. The average Bonchev–Trinajstić information content (AvgIpc) is 2.31. The summed E-state index contributed by atoms with van der Waals surface area (Å²) in [5.74, 6) is 3.01. The maximum Gasteiger partial charge on any atom is 0.135 e. The second kappa shape index (κ2) is 4.26. The third-order valence-electron chi connectivity index (χ3n) is 3.52. The molecule has 1 aliphatic rings. The third-order valence-corrected chi connectivity index (χ3v) is 3.52. The molecule has 0 aromatic carbocycles. The second-order valence-corrected chi connectivity index (χ2v) is 5.12. The zero-order valence-corrected chi connectivity index (χ0v) is 9.34. The van der Waals surface area contributed by atoms with Crippen LogP contribution in [0, 0.1) is 23.7 Å². The number of rotatable bonds is 3. The maximum absolute atomic E-state index is 11.5. The van der Waals surface area contributed by atoms with Gasteiger partial charge in [0.1, 0.15) is 5.78 Å². The van der Waals surface area contributed by atoms with Crippen molar-refractivity contribution in [3.05, 3.63) is 0 Å². The number of carbonyl (C=O) groups excluding carboxylic acids is 1. The summed E-state index contributed by atoms with van der Waals surface area (Å²) in [5, 5.41) is 0. The van der Waals surface area contributed by atoms with Crippen LogP contribution in [0.4, 0.5) is 0 Å². The van der Waals surface area contributed by atoms with Crippen LogP contribution in [0.2, 0.25) is 0 Å². The second-order valence-electron chi connectivity index (χ2n) is 5.12. The van der Waals surface area contributed by atoms with Gasteiger partial charge in [0.15, 0.2) is 0 Å². The molecule has 0 spiro atoms. The van der Waals surface area contributed by atoms with Gasteiger partial charge in [-0.2, -0.15) is 0 Å². The number of hydrogen-bond acceptors (Lipinski definition) is 1. The molecule has 0 radical (unpaired) electrons. The zero-order chi connectivity index (χ0) is 10.0. The Balaban J connectivity index is 2.36. The van der Waals surface area contributed by atoms with E-state index in [1.165, 1.54) is 12.8 Å². The van der Waals surface area contributed by atoms with Gasteiger partial charge in [-0.05, 0) is 30.6 Å². The molecule has 0 aromatic heterocycles. The molecule has 0 N–H and O–H groups in total. The predicted molar refractivity (Wildman–Crippen MR) is 55.5 cm³/mol. The van der Waals surface area contributed by atoms with Crippen molar-refractivity contribution in [1.29, 1.82) is 0 Å². The highest BCUT2D eigenvalue weighted by molar-refractivity contribution is 5.80. The van der Waals surface area contributed by atoms with Gasteiger partial charge >= 0.3 is 0 Å². The van der Waals surface area contributed by atoms with E-state index in [1.54, 1.807) is 0 Å². The van der Waals surface area contributed by atoms with Gasteiger partial charge in [0.05, 0.1) is 0 Å². The number of ketones is 1. The Labute approximate surface area is 81.9 Å². The van der Waals surface area contributed by atoms with Crippen LogP contribution in [-0.2, 0) is 4.79 Å². The highest BCUT2D eigenvalue weighted by Gasteiger charge is 2.29. The topological polar surface area (TPSA) is 17.1 Å². The minimum Gasteiger partial charge on any atom is -0.299 e. The Morgan fingerprint density at radius 1 is 1.23 bits per heavy atom. The van der Waals surface area contributed by atoms with Gasteiger partial charge in [-0.25, -0.2) is 0 Å². The summed E-state index contributed by atoms with van der Waals surface area (Å²) >= 11 is 0. The van der Waals surface area contributed by atoms with E-state index in [9.17, 15) is 4.79 Å². The lowest BCUT2D eigenvalue weighted by Gasteiger charge is -2.09. The highest BCUT2D eigenvalue weighted by atomic mass is 16.1. The van der Waals surface area contributed by atoms with E-state index in [4.69, 9.17) is 0 Å². The molecule has 0 amide bonds. The van der Waals surface area contributed by atoms with Crippen LogP contribution in [0.15, 0.2) is 0 Å². The normalized spacial score (nSPS) is 34.1. The van der Waals surface area contributed by atoms with Crippen molar-refractivity contribution >= 4 is 5.78 Å². The van der Waals surface area contributed by atoms with Crippen molar-refractivity contribution in [3.8, 4) is 0 Å². The molecule has 1 heteroatoms. The minimum absolute atomic E-state index is 0.228. The molecule has 76 valence electrons. The number of hydrogen-bond donors (Lipinski definition) is 0. The van der Waals surface area contributed by atoms with Crippen molar-refractivity contribution < 1.29 is 4.79 Å². The van der Waals surface area contributed by atoms with Crippen LogP contribution in [-0.4, -0.2) is 5.78 Å². The maximum atomic E-state index is 11.5. The van der Waals surface area contributed by atoms with Gasteiger partial charge in [0.25, 0.3) is 0 Å². The monoisotopic (exact) mass is 182 g/mol. The van der Waals surface area contributed by atoms with Gasteiger partial charge in [-0.3, -0.25) is 4.79 Å². The van der Waals surface area contributed by atoms with E-state index in [1.807, 2.05) is 13.8 Å². The van der Waals surface area contributed by atoms with Crippen LogP contribution in [0.1, 0.15) is 47.0 Å². The summed E-state index contributed by atoms with van der Waals surface area (Å²) in [5.41, 5.74) is 0. The van der Waals surface area contributed by atoms with Crippen LogP contribution < -0.4 is 0 Å². The molecule has 0 bridgehead atoms. The predicted octanol–water partition coefficient (Wildman–Crippen LogP) is 3.28. The lowest BCUT2D eigenvalue weighted by Crippen LogP contribution is -2.11. The summed E-state index contributed by atoms with van der Waals surface area (Å²) < 4.78 is 0. The number of carbonyl (C=O) groups is 1. The van der Waals surface area contributed by atoms with Crippen LogP contribution in [0.5, 0.6) is 0 Å². The van der Waals surface area contributed by atoms with E-state index in [2.05, 4.69) is 13.8 Å². The summed E-state index contributed by atoms with van der Waals surface area (Å²) in [6.45, 7) is 8.63. The molecule has 1 aliphatic carbocycles. The van der Waals surface area contributed by atoms with Crippen LogP contribution >= 0.6 is 0 Å². The van der Waals surface area contributed by atoms with Gasteiger partial charge < -0.3 is 0 Å². The summed E-state index contributed by atoms with van der Waals surface area (Å²) in [7, 11) is 0. The van der Waals surface area contributed by atoms with E-state index < -0.39 is 0 Å². The molecular formula is C12H22O. The summed E-state index contributed by atoms with van der Waals surface area (Å²) in [6.07, 6.45) is 3.35. The first-order valence-electron chi connectivity index (χ1n) is 5.53. The molecule has 1 rings (SSSR count). The minimum atomic E-state index is 0.228. The average molecular weight is 182 g/mol. The van der Waals surface area contributed by atoms with Crippen molar-refractivity contribution in [2.45, 2.75) is 47.0 Å². The van der Waals surface area contributed by atoms with Crippen LogP contribution in [0.25, 0.3) is 0 Å². The van der Waals surface area contributed by atoms with Gasteiger partial charge in [0.2, 0.25) is 0 Å². The highest BCUT2D eigenvalue weighted by Crippen LogP contribution is 2.37. The van der Waals surface area contributed by atoms with Gasteiger partial charge in [0, 0.05) is 12.3 Å². The molecule has 0 aliphatic heterocycles. The Kier molecular flexibility index (Phi) is 3.52. The molecule has 3 atom stereocenters. The molecule has 0 aromatic rings. The van der Waals surface area contributed by atoms with E-state index in [0.29, 0.717) is 11.7 Å². The van der Waals surface area contributed by atoms with Gasteiger partial charge in [-0.1, -0.05) is 27.7 Å². The van der Waals surface area contributed by atoms with Gasteiger partial charge in [-0.15, -0.1) is 0 Å². The molecule has 1 unspecified atom stereocenters. The van der Waals surface area contributed by atoms with Crippen molar-refractivity contribution in [2.24, 2.45) is 23.7 Å².